The summed E-state index contributed by atoms with van der Waals surface area (Å²) in [6.07, 6.45) is 1.57. The number of rotatable bonds is 4. The SMILES string of the molecule is O=S1(=O)CC=C(NC(=S)OCC(Cl)CCl)C1. The van der Waals surface area contributed by atoms with Crippen molar-refractivity contribution < 1.29 is 13.2 Å². The molecule has 1 N–H and O–H groups in total. The highest BCUT2D eigenvalue weighted by Gasteiger charge is 2.20. The molecule has 0 saturated carbocycles. The normalized spacial score (nSPS) is 20.0. The average Bonchev–Trinajstić information content (AvgIpc) is 2.54. The molecule has 0 aliphatic carbocycles. The molecule has 0 aromatic heterocycles. The van der Waals surface area contributed by atoms with Crippen LogP contribution in [-0.4, -0.2) is 43.0 Å². The third kappa shape index (κ3) is 4.86. The summed E-state index contributed by atoms with van der Waals surface area (Å²) in [6, 6.07) is 0. The lowest BCUT2D eigenvalue weighted by molar-refractivity contribution is 0.305. The number of alkyl halides is 2. The van der Waals surface area contributed by atoms with E-state index in [2.05, 4.69) is 5.32 Å². The first kappa shape index (κ1) is 14.0. The van der Waals surface area contributed by atoms with E-state index in [1.807, 2.05) is 0 Å². The fourth-order valence-electron chi connectivity index (χ4n) is 1.05. The zero-order valence-corrected chi connectivity index (χ0v) is 11.4. The number of ether oxygens (including phenoxy) is 1. The molecule has 0 saturated heterocycles. The highest BCUT2D eigenvalue weighted by atomic mass is 35.5. The summed E-state index contributed by atoms with van der Waals surface area (Å²) in [5.41, 5.74) is 0.544. The maximum atomic E-state index is 11.1. The Hall–Kier alpha value is -0.0400. The topological polar surface area (TPSA) is 55.4 Å². The molecule has 0 fully saturated rings. The van der Waals surface area contributed by atoms with E-state index in [0.29, 0.717) is 5.70 Å². The van der Waals surface area contributed by atoms with Gasteiger partial charge in [0.2, 0.25) is 0 Å². The summed E-state index contributed by atoms with van der Waals surface area (Å²) in [7, 11) is -2.99. The van der Waals surface area contributed by atoms with Gasteiger partial charge < -0.3 is 10.1 Å². The largest absolute Gasteiger partial charge is 0.469 e. The van der Waals surface area contributed by atoms with Gasteiger partial charge in [0.1, 0.15) is 6.61 Å². The molecule has 8 heteroatoms. The van der Waals surface area contributed by atoms with E-state index >= 15 is 0 Å². The maximum absolute atomic E-state index is 11.1. The van der Waals surface area contributed by atoms with E-state index in [1.165, 1.54) is 0 Å². The second-order valence-corrected chi connectivity index (χ2v) is 6.66. The predicted molar refractivity (Wildman–Crippen MR) is 68.8 cm³/mol. The monoisotopic (exact) mass is 303 g/mol. The van der Waals surface area contributed by atoms with Crippen LogP contribution in [0.1, 0.15) is 0 Å². The Balaban J connectivity index is 2.31. The van der Waals surface area contributed by atoms with Crippen molar-refractivity contribution in [2.75, 3.05) is 24.0 Å². The van der Waals surface area contributed by atoms with Gasteiger partial charge in [0, 0.05) is 11.6 Å². The number of thiocarbonyl (C=S) groups is 1. The van der Waals surface area contributed by atoms with Crippen molar-refractivity contribution in [1.29, 1.82) is 0 Å². The smallest absolute Gasteiger partial charge is 0.260 e. The molecule has 0 spiro atoms. The van der Waals surface area contributed by atoms with Crippen molar-refractivity contribution in [2.45, 2.75) is 5.38 Å². The van der Waals surface area contributed by atoms with Crippen LogP contribution < -0.4 is 5.32 Å². The van der Waals surface area contributed by atoms with Crippen LogP contribution in [0.25, 0.3) is 0 Å². The minimum Gasteiger partial charge on any atom is -0.469 e. The molecule has 1 heterocycles. The van der Waals surface area contributed by atoms with Crippen molar-refractivity contribution in [1.82, 2.24) is 5.32 Å². The van der Waals surface area contributed by atoms with Crippen LogP contribution in [0.4, 0.5) is 0 Å². The third-order valence-electron chi connectivity index (χ3n) is 1.78. The molecule has 1 aliphatic heterocycles. The van der Waals surface area contributed by atoms with Gasteiger partial charge in [-0.2, -0.15) is 0 Å². The molecule has 0 radical (unpaired) electrons. The van der Waals surface area contributed by atoms with Crippen LogP contribution in [0, 0.1) is 0 Å². The first-order valence-electron chi connectivity index (χ1n) is 4.46. The highest BCUT2D eigenvalue weighted by Crippen LogP contribution is 2.08. The Kier molecular flexibility index (Phi) is 5.30. The van der Waals surface area contributed by atoms with E-state index < -0.39 is 9.84 Å². The molecule has 1 aliphatic rings. The second kappa shape index (κ2) is 6.05. The summed E-state index contributed by atoms with van der Waals surface area (Å²) >= 11 is 16.1. The predicted octanol–water partition coefficient (Wildman–Crippen LogP) is 1.04. The molecule has 16 heavy (non-hydrogen) atoms. The van der Waals surface area contributed by atoms with E-state index in [-0.39, 0.29) is 34.5 Å². The molecule has 1 unspecified atom stereocenters. The van der Waals surface area contributed by atoms with Crippen molar-refractivity contribution in [2.24, 2.45) is 0 Å². The summed E-state index contributed by atoms with van der Waals surface area (Å²) < 4.78 is 27.3. The van der Waals surface area contributed by atoms with Crippen LogP contribution in [-0.2, 0) is 14.6 Å². The molecule has 92 valence electrons. The number of hydrogen-bond acceptors (Lipinski definition) is 4. The summed E-state index contributed by atoms with van der Waals surface area (Å²) in [4.78, 5) is 0. The summed E-state index contributed by atoms with van der Waals surface area (Å²) in [5.74, 6) is 0.273. The van der Waals surface area contributed by atoms with Gasteiger partial charge in [-0.1, -0.05) is 0 Å². The lowest BCUT2D eigenvalue weighted by atomic mass is 10.5. The lowest BCUT2D eigenvalue weighted by Crippen LogP contribution is -2.27. The Morgan fingerprint density at radius 1 is 1.69 bits per heavy atom. The van der Waals surface area contributed by atoms with Crippen LogP contribution >= 0.6 is 35.4 Å². The summed E-state index contributed by atoms with van der Waals surface area (Å²) in [5, 5.41) is 2.50. The number of nitrogens with one attached hydrogen (secondary N) is 1. The molecule has 0 amide bonds. The Bertz CT molecular complexity index is 394. The molecule has 0 aromatic rings. The van der Waals surface area contributed by atoms with E-state index in [0.717, 1.165) is 0 Å². The van der Waals surface area contributed by atoms with Crippen molar-refractivity contribution in [3.05, 3.63) is 11.8 Å². The van der Waals surface area contributed by atoms with Gasteiger partial charge in [-0.05, 0) is 18.3 Å². The zero-order valence-electron chi connectivity index (χ0n) is 8.28. The standard InChI is InChI=1S/C8H11Cl2NO3S2/c9-3-6(10)4-14-8(15)11-7-1-2-16(12,13)5-7/h1,6H,2-5H2,(H,11,15). The lowest BCUT2D eigenvalue weighted by Gasteiger charge is -2.11. The third-order valence-corrected chi connectivity index (χ3v) is 4.24. The van der Waals surface area contributed by atoms with Gasteiger partial charge in [0.25, 0.3) is 5.17 Å². The van der Waals surface area contributed by atoms with Gasteiger partial charge in [0.15, 0.2) is 9.84 Å². The van der Waals surface area contributed by atoms with E-state index in [4.69, 9.17) is 40.2 Å². The zero-order chi connectivity index (χ0) is 12.2. The average molecular weight is 304 g/mol. The first-order chi connectivity index (χ1) is 7.43. The van der Waals surface area contributed by atoms with Crippen LogP contribution in [0.15, 0.2) is 11.8 Å². The number of halogens is 2. The fourth-order valence-corrected chi connectivity index (χ4v) is 2.64. The molecule has 0 aromatic carbocycles. The molecule has 0 bridgehead atoms. The molecule has 1 rings (SSSR count). The van der Waals surface area contributed by atoms with Gasteiger partial charge in [0.05, 0.1) is 16.9 Å². The van der Waals surface area contributed by atoms with Crippen LogP contribution in [0.5, 0.6) is 0 Å². The highest BCUT2D eigenvalue weighted by molar-refractivity contribution is 7.92. The quantitative estimate of drug-likeness (QED) is 0.621. The van der Waals surface area contributed by atoms with Gasteiger partial charge >= 0.3 is 0 Å². The number of hydrogen-bond donors (Lipinski definition) is 1. The molecular formula is C8H11Cl2NO3S2. The molecular weight excluding hydrogens is 293 g/mol. The maximum Gasteiger partial charge on any atom is 0.260 e. The first-order valence-corrected chi connectivity index (χ1v) is 7.66. The second-order valence-electron chi connectivity index (χ2n) is 3.26. The molecule has 4 nitrogen and oxygen atoms in total. The van der Waals surface area contributed by atoms with Gasteiger partial charge in [-0.3, -0.25) is 0 Å². The van der Waals surface area contributed by atoms with Gasteiger partial charge in [-0.15, -0.1) is 23.2 Å². The van der Waals surface area contributed by atoms with E-state index in [1.54, 1.807) is 6.08 Å². The van der Waals surface area contributed by atoms with Gasteiger partial charge in [-0.25, -0.2) is 8.42 Å². The van der Waals surface area contributed by atoms with Crippen LogP contribution in [0.2, 0.25) is 0 Å². The fraction of sp³-hybridized carbons (Fsp3) is 0.625. The minimum absolute atomic E-state index is 0.0314. The minimum atomic E-state index is -2.99. The Morgan fingerprint density at radius 2 is 2.38 bits per heavy atom. The van der Waals surface area contributed by atoms with Crippen LogP contribution in [0.3, 0.4) is 0 Å². The van der Waals surface area contributed by atoms with Crippen molar-refractivity contribution in [3.8, 4) is 0 Å². The Labute approximate surface area is 110 Å². The Morgan fingerprint density at radius 3 is 2.88 bits per heavy atom. The van der Waals surface area contributed by atoms with Crippen molar-refractivity contribution in [3.63, 3.8) is 0 Å². The number of sulfone groups is 1. The summed E-state index contributed by atoms with van der Waals surface area (Å²) in [6.45, 7) is 0.191. The molecule has 1 atom stereocenters. The van der Waals surface area contributed by atoms with E-state index in [9.17, 15) is 8.42 Å². The van der Waals surface area contributed by atoms with Crippen molar-refractivity contribution >= 4 is 50.4 Å².